The number of carbonyl (C=O) groups excluding carboxylic acids is 1. The predicted molar refractivity (Wildman–Crippen MR) is 65.0 cm³/mol. The van der Waals surface area contributed by atoms with Crippen LogP contribution in [0.4, 0.5) is 0 Å². The van der Waals surface area contributed by atoms with Crippen molar-refractivity contribution in [2.24, 2.45) is 11.7 Å². The first-order valence-electron chi connectivity index (χ1n) is 6.08. The second kappa shape index (κ2) is 5.26. The lowest BCUT2D eigenvalue weighted by atomic mass is 10.00. The highest BCUT2D eigenvalue weighted by atomic mass is 16.1. The summed E-state index contributed by atoms with van der Waals surface area (Å²) in [7, 11) is 0. The average Bonchev–Trinajstić information content (AvgIpc) is 3.11. The molecule has 2 heteroatoms. The van der Waals surface area contributed by atoms with Gasteiger partial charge in [0.05, 0.1) is 0 Å². The first-order valence-corrected chi connectivity index (χ1v) is 6.08. The first kappa shape index (κ1) is 11.3. The molecule has 2 N–H and O–H groups in total. The normalized spacial score (nSPS) is 17.1. The van der Waals surface area contributed by atoms with Gasteiger partial charge in [0, 0.05) is 18.9 Å². The van der Waals surface area contributed by atoms with Crippen LogP contribution < -0.4 is 5.73 Å². The molecule has 0 saturated heterocycles. The van der Waals surface area contributed by atoms with Crippen LogP contribution in [-0.4, -0.2) is 5.78 Å². The molecule has 1 aromatic rings. The molecular formula is C14H19NO. The van der Waals surface area contributed by atoms with Crippen LogP contribution in [0.1, 0.15) is 43.7 Å². The molecule has 0 heterocycles. The van der Waals surface area contributed by atoms with E-state index in [2.05, 4.69) is 0 Å². The lowest BCUT2D eigenvalue weighted by Crippen LogP contribution is -2.15. The summed E-state index contributed by atoms with van der Waals surface area (Å²) in [4.78, 5) is 11.7. The van der Waals surface area contributed by atoms with E-state index in [1.165, 1.54) is 12.8 Å². The van der Waals surface area contributed by atoms with Crippen molar-refractivity contribution >= 4 is 5.78 Å². The third kappa shape index (κ3) is 3.46. The molecule has 1 unspecified atom stereocenters. The van der Waals surface area contributed by atoms with Crippen molar-refractivity contribution in [3.8, 4) is 0 Å². The Morgan fingerprint density at radius 2 is 2.00 bits per heavy atom. The zero-order chi connectivity index (χ0) is 11.4. The summed E-state index contributed by atoms with van der Waals surface area (Å²) in [5.41, 5.74) is 7.05. The highest BCUT2D eigenvalue weighted by Gasteiger charge is 2.22. The van der Waals surface area contributed by atoms with Crippen molar-refractivity contribution in [3.63, 3.8) is 0 Å². The van der Waals surface area contributed by atoms with Gasteiger partial charge in [-0.3, -0.25) is 4.79 Å². The molecule has 1 fully saturated rings. The van der Waals surface area contributed by atoms with Gasteiger partial charge in [-0.05, 0) is 17.9 Å². The standard InChI is InChI=1S/C14H19NO/c15-14(12-4-2-1-3-5-12)10-13(16)9-8-11-6-7-11/h1-5,11,14H,6-10,15H2. The van der Waals surface area contributed by atoms with Crippen LogP contribution in [0.25, 0.3) is 0 Å². The summed E-state index contributed by atoms with van der Waals surface area (Å²) >= 11 is 0. The van der Waals surface area contributed by atoms with Gasteiger partial charge in [0.2, 0.25) is 0 Å². The fourth-order valence-electron chi connectivity index (χ4n) is 1.94. The molecule has 1 aliphatic carbocycles. The Bertz CT molecular complexity index is 343. The molecule has 1 atom stereocenters. The van der Waals surface area contributed by atoms with E-state index in [9.17, 15) is 4.79 Å². The summed E-state index contributed by atoms with van der Waals surface area (Å²) < 4.78 is 0. The van der Waals surface area contributed by atoms with E-state index >= 15 is 0 Å². The summed E-state index contributed by atoms with van der Waals surface area (Å²) in [5, 5.41) is 0. The second-order valence-corrected chi connectivity index (χ2v) is 4.74. The van der Waals surface area contributed by atoms with Gasteiger partial charge in [-0.1, -0.05) is 43.2 Å². The summed E-state index contributed by atoms with van der Waals surface area (Å²) in [6.07, 6.45) is 4.90. The van der Waals surface area contributed by atoms with E-state index in [1.807, 2.05) is 30.3 Å². The molecule has 1 aromatic carbocycles. The molecule has 1 saturated carbocycles. The van der Waals surface area contributed by atoms with Gasteiger partial charge in [-0.15, -0.1) is 0 Å². The third-order valence-electron chi connectivity index (χ3n) is 3.20. The molecule has 0 amide bonds. The Balaban J connectivity index is 1.77. The van der Waals surface area contributed by atoms with Crippen LogP contribution in [0.15, 0.2) is 30.3 Å². The van der Waals surface area contributed by atoms with Crippen molar-refractivity contribution in [2.75, 3.05) is 0 Å². The molecule has 1 aliphatic rings. The van der Waals surface area contributed by atoms with Crippen LogP contribution in [0.5, 0.6) is 0 Å². The highest BCUT2D eigenvalue weighted by molar-refractivity contribution is 5.79. The molecule has 2 nitrogen and oxygen atoms in total. The fourth-order valence-corrected chi connectivity index (χ4v) is 1.94. The fraction of sp³-hybridized carbons (Fsp3) is 0.500. The van der Waals surface area contributed by atoms with Gasteiger partial charge in [0.1, 0.15) is 5.78 Å². The smallest absolute Gasteiger partial charge is 0.134 e. The van der Waals surface area contributed by atoms with Crippen molar-refractivity contribution in [2.45, 2.75) is 38.1 Å². The molecule has 0 bridgehead atoms. The largest absolute Gasteiger partial charge is 0.324 e. The maximum Gasteiger partial charge on any atom is 0.134 e. The molecular weight excluding hydrogens is 198 g/mol. The van der Waals surface area contributed by atoms with Gasteiger partial charge >= 0.3 is 0 Å². The second-order valence-electron chi connectivity index (χ2n) is 4.74. The number of hydrogen-bond acceptors (Lipinski definition) is 2. The molecule has 0 aromatic heterocycles. The van der Waals surface area contributed by atoms with E-state index in [1.54, 1.807) is 0 Å². The van der Waals surface area contributed by atoms with Crippen LogP contribution in [-0.2, 0) is 4.79 Å². The number of nitrogens with two attached hydrogens (primary N) is 1. The highest BCUT2D eigenvalue weighted by Crippen LogP contribution is 2.33. The number of rotatable bonds is 6. The number of benzene rings is 1. The molecule has 86 valence electrons. The molecule has 2 rings (SSSR count). The summed E-state index contributed by atoms with van der Waals surface area (Å²) in [6.45, 7) is 0. The predicted octanol–water partition coefficient (Wildman–Crippen LogP) is 2.84. The quantitative estimate of drug-likeness (QED) is 0.796. The topological polar surface area (TPSA) is 43.1 Å². The number of hydrogen-bond donors (Lipinski definition) is 1. The Labute approximate surface area is 96.8 Å². The van der Waals surface area contributed by atoms with Crippen molar-refractivity contribution in [1.82, 2.24) is 0 Å². The lowest BCUT2D eigenvalue weighted by molar-refractivity contribution is -0.119. The maximum absolute atomic E-state index is 11.7. The zero-order valence-corrected chi connectivity index (χ0v) is 9.56. The zero-order valence-electron chi connectivity index (χ0n) is 9.56. The van der Waals surface area contributed by atoms with E-state index in [0.29, 0.717) is 18.6 Å². The molecule has 0 spiro atoms. The molecule has 0 aliphatic heterocycles. The van der Waals surface area contributed by atoms with Gasteiger partial charge in [0.15, 0.2) is 0 Å². The van der Waals surface area contributed by atoms with E-state index < -0.39 is 0 Å². The lowest BCUT2D eigenvalue weighted by Gasteiger charge is -2.10. The van der Waals surface area contributed by atoms with Crippen molar-refractivity contribution in [3.05, 3.63) is 35.9 Å². The molecule has 16 heavy (non-hydrogen) atoms. The number of carbonyl (C=O) groups is 1. The van der Waals surface area contributed by atoms with Gasteiger partial charge < -0.3 is 5.73 Å². The summed E-state index contributed by atoms with van der Waals surface area (Å²) in [6, 6.07) is 9.73. The van der Waals surface area contributed by atoms with Gasteiger partial charge in [0.25, 0.3) is 0 Å². The minimum absolute atomic E-state index is 0.132. The maximum atomic E-state index is 11.7. The monoisotopic (exact) mass is 217 g/mol. The van der Waals surface area contributed by atoms with Crippen LogP contribution >= 0.6 is 0 Å². The summed E-state index contributed by atoms with van der Waals surface area (Å²) in [5.74, 6) is 1.14. The minimum atomic E-state index is -0.132. The number of ketones is 1. The van der Waals surface area contributed by atoms with Crippen LogP contribution in [0.2, 0.25) is 0 Å². The van der Waals surface area contributed by atoms with E-state index in [4.69, 9.17) is 5.73 Å². The van der Waals surface area contributed by atoms with Crippen molar-refractivity contribution < 1.29 is 4.79 Å². The average molecular weight is 217 g/mol. The Morgan fingerprint density at radius 1 is 1.31 bits per heavy atom. The van der Waals surface area contributed by atoms with E-state index in [0.717, 1.165) is 17.9 Å². The SMILES string of the molecule is NC(CC(=O)CCC1CC1)c1ccccc1. The molecule has 0 radical (unpaired) electrons. The van der Waals surface area contributed by atoms with E-state index in [-0.39, 0.29) is 6.04 Å². The van der Waals surface area contributed by atoms with Gasteiger partial charge in [-0.25, -0.2) is 0 Å². The Morgan fingerprint density at radius 3 is 2.62 bits per heavy atom. The number of Topliss-reactive ketones (excluding diaryl/α,β-unsaturated/α-hetero) is 1. The Hall–Kier alpha value is -1.15. The van der Waals surface area contributed by atoms with Crippen molar-refractivity contribution in [1.29, 1.82) is 0 Å². The van der Waals surface area contributed by atoms with Gasteiger partial charge in [-0.2, -0.15) is 0 Å². The Kier molecular flexibility index (Phi) is 3.73. The minimum Gasteiger partial charge on any atom is -0.324 e. The first-order chi connectivity index (χ1) is 7.75. The van der Waals surface area contributed by atoms with Crippen LogP contribution in [0, 0.1) is 5.92 Å². The van der Waals surface area contributed by atoms with Crippen LogP contribution in [0.3, 0.4) is 0 Å². The third-order valence-corrected chi connectivity index (χ3v) is 3.20.